The highest BCUT2D eigenvalue weighted by Gasteiger charge is 2.41. The Labute approximate surface area is 119 Å². The molecule has 2 aliphatic rings. The van der Waals surface area contributed by atoms with Crippen LogP contribution in [0.2, 0.25) is 0 Å². The van der Waals surface area contributed by atoms with Crippen LogP contribution in [-0.4, -0.2) is 38.5 Å². The average Bonchev–Trinajstić information content (AvgIpc) is 2.39. The van der Waals surface area contributed by atoms with Crippen molar-refractivity contribution in [2.45, 2.75) is 56.3 Å². The molecule has 0 radical (unpaired) electrons. The number of hydrogen-bond acceptors (Lipinski definition) is 4. The highest BCUT2D eigenvalue weighted by Crippen LogP contribution is 2.44. The van der Waals surface area contributed by atoms with Crippen LogP contribution in [0.1, 0.15) is 39.5 Å². The van der Waals surface area contributed by atoms with E-state index in [1.165, 1.54) is 17.9 Å². The lowest BCUT2D eigenvalue weighted by atomic mass is 9.74. The summed E-state index contributed by atoms with van der Waals surface area (Å²) < 4.78 is 0.552. The third-order valence-electron chi connectivity index (χ3n) is 4.28. The van der Waals surface area contributed by atoms with Gasteiger partial charge in [0.1, 0.15) is 0 Å². The Kier molecular flexibility index (Phi) is 5.73. The Morgan fingerprint density at radius 2 is 1.72 bits per heavy atom. The molecule has 2 rings (SSSR count). The second kappa shape index (κ2) is 6.87. The molecule has 4 heteroatoms. The highest BCUT2D eigenvalue weighted by atomic mass is 32.2. The van der Waals surface area contributed by atoms with Crippen LogP contribution < -0.4 is 0 Å². The van der Waals surface area contributed by atoms with Crippen molar-refractivity contribution in [3.63, 3.8) is 0 Å². The molecule has 0 aromatic heterocycles. The number of hydrogen-bond donors (Lipinski definition) is 2. The molecule has 1 heterocycles. The number of aliphatic hydroxyl groups is 2. The van der Waals surface area contributed by atoms with E-state index >= 15 is 0 Å². The van der Waals surface area contributed by atoms with Crippen molar-refractivity contribution in [2.75, 3.05) is 11.5 Å². The van der Waals surface area contributed by atoms with Crippen LogP contribution in [0.15, 0.2) is 0 Å². The quantitative estimate of drug-likeness (QED) is 0.838. The van der Waals surface area contributed by atoms with Crippen molar-refractivity contribution in [2.24, 2.45) is 17.8 Å². The van der Waals surface area contributed by atoms with Crippen molar-refractivity contribution < 1.29 is 10.2 Å². The molecule has 1 saturated carbocycles. The summed E-state index contributed by atoms with van der Waals surface area (Å²) in [6.07, 6.45) is 3.92. The van der Waals surface area contributed by atoms with Crippen LogP contribution >= 0.6 is 23.5 Å². The molecule has 0 aromatic carbocycles. The lowest BCUT2D eigenvalue weighted by Gasteiger charge is -2.42. The van der Waals surface area contributed by atoms with Gasteiger partial charge >= 0.3 is 0 Å². The van der Waals surface area contributed by atoms with E-state index in [0.29, 0.717) is 10.5 Å². The topological polar surface area (TPSA) is 40.5 Å². The Bertz CT molecular complexity index is 254. The van der Waals surface area contributed by atoms with Gasteiger partial charge in [-0.25, -0.2) is 0 Å². The third kappa shape index (κ3) is 3.38. The Hall–Kier alpha value is 0.620. The van der Waals surface area contributed by atoms with Crippen molar-refractivity contribution >= 4 is 23.5 Å². The van der Waals surface area contributed by atoms with Crippen LogP contribution in [0.3, 0.4) is 0 Å². The van der Waals surface area contributed by atoms with E-state index in [-0.39, 0.29) is 24.0 Å². The highest BCUT2D eigenvalue weighted by molar-refractivity contribution is 8.17. The zero-order chi connectivity index (χ0) is 13.1. The van der Waals surface area contributed by atoms with Gasteiger partial charge in [-0.15, -0.1) is 23.5 Å². The van der Waals surface area contributed by atoms with Gasteiger partial charge in [-0.2, -0.15) is 0 Å². The molecule has 1 aliphatic heterocycles. The number of aliphatic hydroxyl groups excluding tert-OH is 2. The lowest BCUT2D eigenvalue weighted by molar-refractivity contribution is -0.0559. The van der Waals surface area contributed by atoms with E-state index in [1.54, 1.807) is 0 Å². The smallest absolute Gasteiger partial charge is 0.0639 e. The normalized spacial score (nSPS) is 36.8. The molecular weight excluding hydrogens is 264 g/mol. The molecule has 0 amide bonds. The maximum atomic E-state index is 10.6. The van der Waals surface area contributed by atoms with Gasteiger partial charge < -0.3 is 10.2 Å². The molecule has 2 fully saturated rings. The van der Waals surface area contributed by atoms with E-state index in [0.717, 1.165) is 19.3 Å². The molecule has 1 aliphatic carbocycles. The lowest BCUT2D eigenvalue weighted by Crippen LogP contribution is -2.45. The van der Waals surface area contributed by atoms with Crippen LogP contribution in [-0.2, 0) is 0 Å². The summed E-state index contributed by atoms with van der Waals surface area (Å²) >= 11 is 4.03. The van der Waals surface area contributed by atoms with Gasteiger partial charge in [-0.3, -0.25) is 0 Å². The standard InChI is InChI=1S/C14H26O2S2/c1-9(2)12(15)10-5-3-6-11(13(10)16)14-17-7-4-8-18-14/h9-16H,3-8H2,1-2H3/t10-,11+,12-,13-/m0/s1. The fourth-order valence-electron chi connectivity index (χ4n) is 3.17. The van der Waals surface area contributed by atoms with Crippen molar-refractivity contribution in [1.82, 2.24) is 0 Å². The summed E-state index contributed by atoms with van der Waals surface area (Å²) in [5.74, 6) is 3.19. The van der Waals surface area contributed by atoms with E-state index in [1.807, 2.05) is 37.4 Å². The zero-order valence-electron chi connectivity index (χ0n) is 11.4. The Balaban J connectivity index is 1.99. The van der Waals surface area contributed by atoms with Gasteiger partial charge in [-0.1, -0.05) is 20.3 Å². The molecule has 18 heavy (non-hydrogen) atoms. The minimum atomic E-state index is -0.346. The van der Waals surface area contributed by atoms with Crippen LogP contribution in [0.4, 0.5) is 0 Å². The molecule has 106 valence electrons. The zero-order valence-corrected chi connectivity index (χ0v) is 13.1. The minimum absolute atomic E-state index is 0.0897. The third-order valence-corrected chi connectivity index (χ3v) is 7.50. The molecule has 0 aromatic rings. The number of rotatable bonds is 3. The van der Waals surface area contributed by atoms with Gasteiger partial charge in [0.2, 0.25) is 0 Å². The van der Waals surface area contributed by atoms with Gasteiger partial charge in [0.15, 0.2) is 0 Å². The predicted octanol–water partition coefficient (Wildman–Crippen LogP) is 2.98. The summed E-state index contributed by atoms with van der Waals surface area (Å²) in [4.78, 5) is 0. The maximum Gasteiger partial charge on any atom is 0.0639 e. The van der Waals surface area contributed by atoms with Gasteiger partial charge in [0.05, 0.1) is 16.8 Å². The fourth-order valence-corrected chi connectivity index (χ4v) is 6.49. The molecule has 2 N–H and O–H groups in total. The summed E-state index contributed by atoms with van der Waals surface area (Å²) in [6, 6.07) is 0. The minimum Gasteiger partial charge on any atom is -0.392 e. The average molecular weight is 290 g/mol. The van der Waals surface area contributed by atoms with E-state index < -0.39 is 0 Å². The second-order valence-corrected chi connectivity index (χ2v) is 8.74. The Morgan fingerprint density at radius 3 is 2.33 bits per heavy atom. The van der Waals surface area contributed by atoms with E-state index in [4.69, 9.17) is 0 Å². The first-order valence-electron chi connectivity index (χ1n) is 7.20. The van der Waals surface area contributed by atoms with Gasteiger partial charge in [0.25, 0.3) is 0 Å². The van der Waals surface area contributed by atoms with E-state index in [9.17, 15) is 10.2 Å². The first-order chi connectivity index (χ1) is 8.61. The first-order valence-corrected chi connectivity index (χ1v) is 9.30. The second-order valence-electron chi connectivity index (χ2n) is 5.95. The molecule has 2 nitrogen and oxygen atoms in total. The fraction of sp³-hybridized carbons (Fsp3) is 1.00. The van der Waals surface area contributed by atoms with Crippen LogP contribution in [0.5, 0.6) is 0 Å². The summed E-state index contributed by atoms with van der Waals surface area (Å²) in [5, 5.41) is 20.9. The Morgan fingerprint density at radius 1 is 1.06 bits per heavy atom. The molecule has 1 saturated heterocycles. The SMILES string of the molecule is CC(C)[C@H](O)[C@@H]1CCC[C@@H](C2SCCCS2)[C@H]1O. The molecule has 0 spiro atoms. The molecule has 0 bridgehead atoms. The van der Waals surface area contributed by atoms with Gasteiger partial charge in [-0.05, 0) is 36.7 Å². The monoisotopic (exact) mass is 290 g/mol. The molecular formula is C14H26O2S2. The first kappa shape index (κ1) is 15.0. The van der Waals surface area contributed by atoms with E-state index in [2.05, 4.69) is 0 Å². The van der Waals surface area contributed by atoms with Gasteiger partial charge in [0, 0.05) is 11.8 Å². The van der Waals surface area contributed by atoms with Crippen molar-refractivity contribution in [1.29, 1.82) is 0 Å². The van der Waals surface area contributed by atoms with Crippen LogP contribution in [0.25, 0.3) is 0 Å². The summed E-state index contributed by atoms with van der Waals surface area (Å²) in [6.45, 7) is 4.09. The van der Waals surface area contributed by atoms with Crippen LogP contribution in [0, 0.1) is 17.8 Å². The summed E-state index contributed by atoms with van der Waals surface area (Å²) in [7, 11) is 0. The molecule has 0 unspecified atom stereocenters. The number of thioether (sulfide) groups is 2. The summed E-state index contributed by atoms with van der Waals surface area (Å²) in [5.41, 5.74) is 0. The predicted molar refractivity (Wildman–Crippen MR) is 81.0 cm³/mol. The largest absolute Gasteiger partial charge is 0.392 e. The molecule has 4 atom stereocenters. The maximum absolute atomic E-state index is 10.6. The van der Waals surface area contributed by atoms with Crippen molar-refractivity contribution in [3.05, 3.63) is 0 Å². The van der Waals surface area contributed by atoms with Crippen molar-refractivity contribution in [3.8, 4) is 0 Å².